The lowest BCUT2D eigenvalue weighted by molar-refractivity contribution is -0.122. The van der Waals surface area contributed by atoms with Crippen LogP contribution in [0.1, 0.15) is 26.3 Å². The van der Waals surface area contributed by atoms with Gasteiger partial charge in [-0.05, 0) is 85.6 Å². The Balaban J connectivity index is 2.06. The molecular weight excluding hydrogens is 460 g/mol. The molecule has 0 radical (unpaired) electrons. The van der Waals surface area contributed by atoms with E-state index in [-0.39, 0.29) is 5.91 Å². The molecule has 0 aliphatic rings. The highest BCUT2D eigenvalue weighted by molar-refractivity contribution is 9.11. The summed E-state index contributed by atoms with van der Waals surface area (Å²) in [6, 6.07) is 11.7. The number of nitrogens with zero attached hydrogens (tertiary/aromatic N) is 1. The largest absolute Gasteiger partial charge is 0.480 e. The quantitative estimate of drug-likeness (QED) is 0.543. The minimum absolute atomic E-state index is 0.182. The summed E-state index contributed by atoms with van der Waals surface area (Å²) in [5, 5.41) is 2.96. The van der Waals surface area contributed by atoms with Crippen molar-refractivity contribution < 1.29 is 9.53 Å². The number of nitrogens with one attached hydrogen (secondary N) is 1. The third-order valence-electron chi connectivity index (χ3n) is 4.16. The first-order valence-electron chi connectivity index (χ1n) is 8.63. The van der Waals surface area contributed by atoms with E-state index in [0.29, 0.717) is 5.75 Å². The molecule has 6 heteroatoms. The minimum Gasteiger partial charge on any atom is -0.480 e. The maximum Gasteiger partial charge on any atom is 0.265 e. The molecule has 0 aromatic heterocycles. The fourth-order valence-electron chi connectivity index (χ4n) is 2.62. The SMILES string of the molecule is CCN(CC)c1ccc(NC(=O)[C@@H](C)Oc2ccc(Br)cc2Br)c(C)c1. The summed E-state index contributed by atoms with van der Waals surface area (Å²) in [7, 11) is 0. The van der Waals surface area contributed by atoms with E-state index in [1.165, 1.54) is 0 Å². The van der Waals surface area contributed by atoms with Gasteiger partial charge in [-0.1, -0.05) is 15.9 Å². The summed E-state index contributed by atoms with van der Waals surface area (Å²) in [4.78, 5) is 14.8. The average molecular weight is 484 g/mol. The van der Waals surface area contributed by atoms with Crippen molar-refractivity contribution in [3.8, 4) is 5.75 Å². The van der Waals surface area contributed by atoms with E-state index in [1.807, 2.05) is 37.3 Å². The van der Waals surface area contributed by atoms with Crippen molar-refractivity contribution in [2.45, 2.75) is 33.8 Å². The smallest absolute Gasteiger partial charge is 0.265 e. The van der Waals surface area contributed by atoms with E-state index >= 15 is 0 Å². The Bertz CT molecular complexity index is 776. The van der Waals surface area contributed by atoms with Crippen LogP contribution in [0.4, 0.5) is 11.4 Å². The minimum atomic E-state index is -0.616. The number of aryl methyl sites for hydroxylation is 1. The number of hydrogen-bond acceptors (Lipinski definition) is 3. The molecule has 2 rings (SSSR count). The topological polar surface area (TPSA) is 41.6 Å². The Kier molecular flexibility index (Phi) is 7.53. The van der Waals surface area contributed by atoms with Crippen LogP contribution in [0.15, 0.2) is 45.3 Å². The maximum absolute atomic E-state index is 12.5. The van der Waals surface area contributed by atoms with Crippen LogP contribution in [0.3, 0.4) is 0 Å². The summed E-state index contributed by atoms with van der Waals surface area (Å²) >= 11 is 6.85. The molecular formula is C20H24Br2N2O2. The summed E-state index contributed by atoms with van der Waals surface area (Å²) < 4.78 is 7.52. The Morgan fingerprint density at radius 3 is 2.42 bits per heavy atom. The Labute approximate surface area is 172 Å². The standard InChI is InChI=1S/C20H24Br2N2O2/c1-5-24(6-2)16-8-9-18(13(3)11-16)23-20(25)14(4)26-19-10-7-15(21)12-17(19)22/h7-12,14H,5-6H2,1-4H3,(H,23,25)/t14-/m1/s1. The molecule has 1 N–H and O–H groups in total. The second kappa shape index (κ2) is 9.42. The summed E-state index contributed by atoms with van der Waals surface area (Å²) in [6.07, 6.45) is -0.616. The van der Waals surface area contributed by atoms with Gasteiger partial charge in [-0.25, -0.2) is 0 Å². The van der Waals surface area contributed by atoms with Crippen LogP contribution in [0.25, 0.3) is 0 Å². The third-order valence-corrected chi connectivity index (χ3v) is 5.28. The van der Waals surface area contributed by atoms with Gasteiger partial charge in [0.2, 0.25) is 0 Å². The molecule has 0 heterocycles. The van der Waals surface area contributed by atoms with E-state index in [9.17, 15) is 4.79 Å². The zero-order valence-corrected chi connectivity index (χ0v) is 18.6. The number of hydrogen-bond donors (Lipinski definition) is 1. The summed E-state index contributed by atoms with van der Waals surface area (Å²) in [6.45, 7) is 9.91. The molecule has 0 fully saturated rings. The van der Waals surface area contributed by atoms with Crippen LogP contribution in [-0.4, -0.2) is 25.1 Å². The highest BCUT2D eigenvalue weighted by atomic mass is 79.9. The van der Waals surface area contributed by atoms with E-state index in [4.69, 9.17) is 4.74 Å². The molecule has 0 aliphatic carbocycles. The second-order valence-corrected chi connectivity index (χ2v) is 7.77. The fraction of sp³-hybridized carbons (Fsp3) is 0.350. The summed E-state index contributed by atoms with van der Waals surface area (Å²) in [5.41, 5.74) is 2.99. The van der Waals surface area contributed by atoms with Gasteiger partial charge in [0.05, 0.1) is 4.47 Å². The van der Waals surface area contributed by atoms with Crippen molar-refractivity contribution in [3.05, 3.63) is 50.9 Å². The molecule has 2 aromatic carbocycles. The first-order chi connectivity index (χ1) is 12.3. The maximum atomic E-state index is 12.5. The summed E-state index contributed by atoms with van der Waals surface area (Å²) in [5.74, 6) is 0.447. The molecule has 0 saturated carbocycles. The first-order valence-corrected chi connectivity index (χ1v) is 10.2. The molecule has 0 spiro atoms. The predicted molar refractivity (Wildman–Crippen MR) is 115 cm³/mol. The molecule has 1 amide bonds. The fourth-order valence-corrected chi connectivity index (χ4v) is 3.76. The molecule has 0 saturated heterocycles. The highest BCUT2D eigenvalue weighted by Gasteiger charge is 2.17. The number of carbonyl (C=O) groups excluding carboxylic acids is 1. The molecule has 1 atom stereocenters. The normalized spacial score (nSPS) is 11.8. The van der Waals surface area contributed by atoms with Crippen LogP contribution in [0, 0.1) is 6.92 Å². The third kappa shape index (κ3) is 5.24. The number of ether oxygens (including phenoxy) is 1. The van der Waals surface area contributed by atoms with Crippen molar-refractivity contribution in [3.63, 3.8) is 0 Å². The van der Waals surface area contributed by atoms with E-state index in [1.54, 1.807) is 6.92 Å². The van der Waals surface area contributed by atoms with E-state index in [0.717, 1.165) is 39.0 Å². The number of amides is 1. The number of benzene rings is 2. The van der Waals surface area contributed by atoms with Gasteiger partial charge < -0.3 is 15.0 Å². The van der Waals surface area contributed by atoms with Crippen molar-refractivity contribution >= 4 is 49.1 Å². The number of anilines is 2. The van der Waals surface area contributed by atoms with Gasteiger partial charge >= 0.3 is 0 Å². The lowest BCUT2D eigenvalue weighted by Crippen LogP contribution is -2.30. The number of carbonyl (C=O) groups is 1. The van der Waals surface area contributed by atoms with Gasteiger partial charge in [0.15, 0.2) is 6.10 Å². The van der Waals surface area contributed by atoms with Gasteiger partial charge in [0.1, 0.15) is 5.75 Å². The molecule has 26 heavy (non-hydrogen) atoms. The van der Waals surface area contributed by atoms with Crippen molar-refractivity contribution in [2.24, 2.45) is 0 Å². The first kappa shape index (κ1) is 20.8. The lowest BCUT2D eigenvalue weighted by atomic mass is 10.1. The molecule has 0 unspecified atom stereocenters. The number of halogens is 2. The molecule has 0 aliphatic heterocycles. The predicted octanol–water partition coefficient (Wildman–Crippen LogP) is 5.77. The Hall–Kier alpha value is -1.53. The van der Waals surface area contributed by atoms with Crippen molar-refractivity contribution in [1.29, 1.82) is 0 Å². The molecule has 140 valence electrons. The number of rotatable bonds is 7. The van der Waals surface area contributed by atoms with Gasteiger partial charge in [-0.2, -0.15) is 0 Å². The second-order valence-electron chi connectivity index (χ2n) is 6.00. The zero-order valence-electron chi connectivity index (χ0n) is 15.5. The highest BCUT2D eigenvalue weighted by Crippen LogP contribution is 2.29. The lowest BCUT2D eigenvalue weighted by Gasteiger charge is -2.22. The van der Waals surface area contributed by atoms with Crippen LogP contribution in [-0.2, 0) is 4.79 Å². The monoisotopic (exact) mass is 482 g/mol. The average Bonchev–Trinajstić information content (AvgIpc) is 2.60. The van der Waals surface area contributed by atoms with Crippen molar-refractivity contribution in [2.75, 3.05) is 23.3 Å². The van der Waals surface area contributed by atoms with Gasteiger partial charge in [-0.3, -0.25) is 4.79 Å². The van der Waals surface area contributed by atoms with Gasteiger partial charge in [0, 0.05) is 28.9 Å². The zero-order chi connectivity index (χ0) is 19.3. The van der Waals surface area contributed by atoms with Crippen LogP contribution >= 0.6 is 31.9 Å². The molecule has 2 aromatic rings. The van der Waals surface area contributed by atoms with Crippen LogP contribution in [0.2, 0.25) is 0 Å². The van der Waals surface area contributed by atoms with E-state index < -0.39 is 6.10 Å². The molecule has 0 bridgehead atoms. The van der Waals surface area contributed by atoms with Crippen molar-refractivity contribution in [1.82, 2.24) is 0 Å². The molecule has 4 nitrogen and oxygen atoms in total. The van der Waals surface area contributed by atoms with Gasteiger partial charge in [0.25, 0.3) is 5.91 Å². The Morgan fingerprint density at radius 2 is 1.85 bits per heavy atom. The van der Waals surface area contributed by atoms with E-state index in [2.05, 4.69) is 62.0 Å². The van der Waals surface area contributed by atoms with Crippen LogP contribution < -0.4 is 15.0 Å². The van der Waals surface area contributed by atoms with Crippen LogP contribution in [0.5, 0.6) is 5.75 Å². The van der Waals surface area contributed by atoms with Gasteiger partial charge in [-0.15, -0.1) is 0 Å². The Morgan fingerprint density at radius 1 is 1.15 bits per heavy atom.